The Hall–Kier alpha value is -1.04. The second-order valence-electron chi connectivity index (χ2n) is 2.47. The Morgan fingerprint density at radius 1 is 1.21 bits per heavy atom. The van der Waals surface area contributed by atoms with E-state index in [0.29, 0.717) is 4.90 Å². The zero-order chi connectivity index (χ0) is 10.8. The summed E-state index contributed by atoms with van der Waals surface area (Å²) in [4.78, 5) is 0.458. The van der Waals surface area contributed by atoms with Gasteiger partial charge in [-0.05, 0) is 24.3 Å². The highest BCUT2D eigenvalue weighted by atomic mass is 32.2. The second kappa shape index (κ2) is 4.00. The number of alkyl halides is 3. The van der Waals surface area contributed by atoms with Crippen LogP contribution in [0.5, 0.6) is 5.75 Å². The first-order valence-corrected chi connectivity index (χ1v) is 5.13. The van der Waals surface area contributed by atoms with E-state index in [2.05, 4.69) is 4.74 Å². The molecule has 78 valence electrons. The van der Waals surface area contributed by atoms with Crippen LogP contribution in [-0.2, 0) is 10.8 Å². The highest BCUT2D eigenvalue weighted by molar-refractivity contribution is 7.84. The minimum Gasteiger partial charge on any atom is -0.406 e. The minimum absolute atomic E-state index is 0.313. The normalized spacial score (nSPS) is 13.7. The van der Waals surface area contributed by atoms with Crippen molar-refractivity contribution in [1.29, 1.82) is 0 Å². The van der Waals surface area contributed by atoms with Crippen molar-refractivity contribution in [2.24, 2.45) is 0 Å². The number of ether oxygens (including phenoxy) is 1. The van der Waals surface area contributed by atoms with Gasteiger partial charge in [-0.1, -0.05) is 0 Å². The molecule has 6 heteroatoms. The van der Waals surface area contributed by atoms with E-state index in [9.17, 15) is 17.4 Å². The number of halogens is 3. The molecule has 0 aliphatic heterocycles. The summed E-state index contributed by atoms with van der Waals surface area (Å²) in [7, 11) is -1.20. The molecular weight excluding hydrogens is 217 g/mol. The van der Waals surface area contributed by atoms with E-state index in [1.807, 2.05) is 0 Å². The summed E-state index contributed by atoms with van der Waals surface area (Å²) in [5, 5.41) is 0. The minimum atomic E-state index is -4.69. The van der Waals surface area contributed by atoms with Gasteiger partial charge in [-0.2, -0.15) is 0 Å². The third-order valence-corrected chi connectivity index (χ3v) is 2.33. The van der Waals surface area contributed by atoms with Crippen molar-refractivity contribution in [3.63, 3.8) is 0 Å². The van der Waals surface area contributed by atoms with E-state index in [1.165, 1.54) is 18.4 Å². The van der Waals surface area contributed by atoms with Crippen LogP contribution >= 0.6 is 0 Å². The molecule has 0 unspecified atom stereocenters. The third kappa shape index (κ3) is 3.37. The van der Waals surface area contributed by atoms with Crippen molar-refractivity contribution in [2.75, 3.05) is 6.26 Å². The monoisotopic (exact) mass is 224 g/mol. The van der Waals surface area contributed by atoms with Crippen LogP contribution in [0.4, 0.5) is 13.2 Å². The van der Waals surface area contributed by atoms with E-state index >= 15 is 0 Å². The maximum Gasteiger partial charge on any atom is 0.573 e. The molecule has 0 aliphatic rings. The lowest BCUT2D eigenvalue weighted by Gasteiger charge is -2.08. The van der Waals surface area contributed by atoms with Gasteiger partial charge in [0.2, 0.25) is 0 Å². The van der Waals surface area contributed by atoms with Crippen LogP contribution < -0.4 is 4.74 Å². The lowest BCUT2D eigenvalue weighted by molar-refractivity contribution is -0.274. The summed E-state index contributed by atoms with van der Waals surface area (Å²) >= 11 is 0. The van der Waals surface area contributed by atoms with E-state index in [-0.39, 0.29) is 5.75 Å². The van der Waals surface area contributed by atoms with Crippen molar-refractivity contribution >= 4 is 10.8 Å². The molecule has 0 heterocycles. The molecule has 0 amide bonds. The zero-order valence-corrected chi connectivity index (χ0v) is 7.98. The molecule has 0 fully saturated rings. The zero-order valence-electron chi connectivity index (χ0n) is 7.17. The molecule has 0 saturated carbocycles. The summed E-state index contributed by atoms with van der Waals surface area (Å²) in [5.41, 5.74) is 0. The summed E-state index contributed by atoms with van der Waals surface area (Å²) in [5.74, 6) is -0.313. The van der Waals surface area contributed by atoms with Crippen LogP contribution in [0.15, 0.2) is 29.2 Å². The smallest absolute Gasteiger partial charge is 0.406 e. The molecule has 2 nitrogen and oxygen atoms in total. The molecule has 0 saturated heterocycles. The molecule has 1 atom stereocenters. The number of hydrogen-bond donors (Lipinski definition) is 0. The van der Waals surface area contributed by atoms with Gasteiger partial charge < -0.3 is 4.74 Å². The Bertz CT molecular complexity index is 331. The Balaban J connectivity index is 2.79. The summed E-state index contributed by atoms with van der Waals surface area (Å²) in [6, 6.07) is 4.92. The molecule has 0 bridgehead atoms. The topological polar surface area (TPSA) is 26.3 Å². The predicted molar refractivity (Wildman–Crippen MR) is 45.5 cm³/mol. The van der Waals surface area contributed by atoms with Gasteiger partial charge in [0.25, 0.3) is 0 Å². The standard InChI is InChI=1S/C8H7F3O2S/c1-14(12)7-4-2-6(3-5-7)13-8(9,10)11/h2-5H,1H3/t14-/m1/s1. The van der Waals surface area contributed by atoms with Gasteiger partial charge in [0.15, 0.2) is 0 Å². The van der Waals surface area contributed by atoms with Gasteiger partial charge in [-0.15, -0.1) is 13.2 Å². The molecule has 14 heavy (non-hydrogen) atoms. The van der Waals surface area contributed by atoms with Crippen molar-refractivity contribution in [2.45, 2.75) is 11.3 Å². The second-order valence-corrected chi connectivity index (χ2v) is 3.85. The van der Waals surface area contributed by atoms with Crippen molar-refractivity contribution in [3.8, 4) is 5.75 Å². The first-order chi connectivity index (χ1) is 6.38. The molecule has 0 radical (unpaired) electrons. The Kier molecular flexibility index (Phi) is 3.15. The first-order valence-electron chi connectivity index (χ1n) is 3.58. The Labute approximate surface area is 81.1 Å². The molecule has 0 aromatic heterocycles. The first kappa shape index (κ1) is 11.0. The van der Waals surface area contributed by atoms with Gasteiger partial charge in [-0.3, -0.25) is 4.21 Å². The van der Waals surface area contributed by atoms with E-state index in [4.69, 9.17) is 0 Å². The van der Waals surface area contributed by atoms with E-state index in [0.717, 1.165) is 12.1 Å². The quantitative estimate of drug-likeness (QED) is 0.770. The molecule has 0 spiro atoms. The van der Waals surface area contributed by atoms with Crippen LogP contribution in [0.2, 0.25) is 0 Å². The summed E-state index contributed by atoms with van der Waals surface area (Å²) < 4.78 is 49.7. The lowest BCUT2D eigenvalue weighted by Crippen LogP contribution is -2.17. The Morgan fingerprint density at radius 3 is 2.07 bits per heavy atom. The molecular formula is C8H7F3O2S. The molecule has 1 aromatic rings. The van der Waals surface area contributed by atoms with Crippen molar-refractivity contribution < 1.29 is 22.1 Å². The van der Waals surface area contributed by atoms with Crippen LogP contribution in [0, 0.1) is 0 Å². The average Bonchev–Trinajstić information content (AvgIpc) is 2.02. The maximum atomic E-state index is 11.7. The highest BCUT2D eigenvalue weighted by Crippen LogP contribution is 2.23. The number of benzene rings is 1. The fourth-order valence-electron chi connectivity index (χ4n) is 0.833. The van der Waals surface area contributed by atoms with Crippen LogP contribution in [0.3, 0.4) is 0 Å². The highest BCUT2D eigenvalue weighted by Gasteiger charge is 2.30. The van der Waals surface area contributed by atoms with Gasteiger partial charge in [0.05, 0.1) is 0 Å². The lowest BCUT2D eigenvalue weighted by atomic mass is 10.3. The van der Waals surface area contributed by atoms with Crippen LogP contribution in [-0.4, -0.2) is 16.8 Å². The summed E-state index contributed by atoms with van der Waals surface area (Å²) in [6.07, 6.45) is -3.24. The molecule has 1 aromatic carbocycles. The van der Waals surface area contributed by atoms with Crippen LogP contribution in [0.25, 0.3) is 0 Å². The maximum absolute atomic E-state index is 11.7. The van der Waals surface area contributed by atoms with Gasteiger partial charge in [0, 0.05) is 22.0 Å². The molecule has 0 aliphatic carbocycles. The fraction of sp³-hybridized carbons (Fsp3) is 0.250. The molecule has 0 N–H and O–H groups in total. The predicted octanol–water partition coefficient (Wildman–Crippen LogP) is 2.32. The van der Waals surface area contributed by atoms with Gasteiger partial charge in [-0.25, -0.2) is 0 Å². The van der Waals surface area contributed by atoms with Gasteiger partial charge >= 0.3 is 6.36 Å². The number of rotatable bonds is 2. The fourth-order valence-corrected chi connectivity index (χ4v) is 1.35. The SMILES string of the molecule is C[S@@](=O)c1ccc(OC(F)(F)F)cc1. The third-order valence-electron chi connectivity index (χ3n) is 1.39. The van der Waals surface area contributed by atoms with E-state index < -0.39 is 17.2 Å². The van der Waals surface area contributed by atoms with Crippen molar-refractivity contribution in [1.82, 2.24) is 0 Å². The summed E-state index contributed by atoms with van der Waals surface area (Å²) in [6.45, 7) is 0. The van der Waals surface area contributed by atoms with E-state index in [1.54, 1.807) is 0 Å². The van der Waals surface area contributed by atoms with Crippen molar-refractivity contribution in [3.05, 3.63) is 24.3 Å². The van der Waals surface area contributed by atoms with Crippen LogP contribution in [0.1, 0.15) is 0 Å². The largest absolute Gasteiger partial charge is 0.573 e. The average molecular weight is 224 g/mol. The number of hydrogen-bond acceptors (Lipinski definition) is 2. The van der Waals surface area contributed by atoms with Gasteiger partial charge in [0.1, 0.15) is 5.75 Å². The Morgan fingerprint density at radius 2 is 1.71 bits per heavy atom. The molecule has 1 rings (SSSR count).